The number of aryl methyl sites for hydroxylation is 2. The molecule has 2 aromatic heterocycles. The van der Waals surface area contributed by atoms with Gasteiger partial charge in [0, 0.05) is 48.4 Å². The number of carbonyl (C=O) groups is 1. The average Bonchev–Trinajstić information content (AvgIpc) is 3.49. The summed E-state index contributed by atoms with van der Waals surface area (Å²) in [6, 6.07) is 14.6. The molecule has 2 aromatic carbocycles. The number of amides is 1. The minimum Gasteiger partial charge on any atom is -0.343 e. The Morgan fingerprint density at radius 1 is 1.11 bits per heavy atom. The molecule has 2 atom stereocenters. The fraction of sp³-hybridized carbons (Fsp3) is 0.296. The van der Waals surface area contributed by atoms with E-state index in [1.165, 1.54) is 12.1 Å². The van der Waals surface area contributed by atoms with Gasteiger partial charge in [0.05, 0.1) is 23.0 Å². The van der Waals surface area contributed by atoms with Crippen LogP contribution in [0.2, 0.25) is 0 Å². The first-order valence-corrected chi connectivity index (χ1v) is 12.7. The minimum absolute atomic E-state index is 0.0419. The third-order valence-corrected chi connectivity index (χ3v) is 8.11. The number of anilines is 1. The zero-order valence-electron chi connectivity index (χ0n) is 19.7. The van der Waals surface area contributed by atoms with E-state index in [-0.39, 0.29) is 17.8 Å². The SMILES string of the molecule is Cc1ccc(-n2cccn2)c(C(=O)N2CC[C@H]3CN(c4nc(-c5cccc(F)c5)c(C)s4)[C@H]3C2)c1. The van der Waals surface area contributed by atoms with Gasteiger partial charge in [-0.3, -0.25) is 4.79 Å². The highest BCUT2D eigenvalue weighted by Crippen LogP contribution is 2.41. The Hall–Kier alpha value is -3.52. The van der Waals surface area contributed by atoms with Crippen LogP contribution in [0.25, 0.3) is 16.9 Å². The summed E-state index contributed by atoms with van der Waals surface area (Å²) in [5.41, 5.74) is 4.16. The lowest BCUT2D eigenvalue weighted by Crippen LogP contribution is -2.65. The van der Waals surface area contributed by atoms with Gasteiger partial charge in [-0.15, -0.1) is 11.3 Å². The molecule has 0 aliphatic carbocycles. The van der Waals surface area contributed by atoms with E-state index in [0.717, 1.165) is 52.0 Å². The second-order valence-electron chi connectivity index (χ2n) is 9.40. The molecule has 2 saturated heterocycles. The maximum atomic E-state index is 13.8. The number of nitrogens with zero attached hydrogens (tertiary/aromatic N) is 5. The lowest BCUT2D eigenvalue weighted by atomic mass is 9.82. The molecule has 4 aromatic rings. The normalized spacial score (nSPS) is 19.4. The number of fused-ring (bicyclic) bond motifs is 1. The molecule has 0 radical (unpaired) electrons. The van der Waals surface area contributed by atoms with Gasteiger partial charge in [0.2, 0.25) is 0 Å². The summed E-state index contributed by atoms with van der Waals surface area (Å²) in [4.78, 5) is 23.9. The third-order valence-electron chi connectivity index (χ3n) is 7.10. The van der Waals surface area contributed by atoms with Crippen LogP contribution in [-0.2, 0) is 0 Å². The van der Waals surface area contributed by atoms with Crippen LogP contribution in [0.4, 0.5) is 9.52 Å². The fourth-order valence-electron chi connectivity index (χ4n) is 5.21. The molecular weight excluding hydrogens is 461 g/mol. The van der Waals surface area contributed by atoms with Crippen LogP contribution < -0.4 is 4.90 Å². The quantitative estimate of drug-likeness (QED) is 0.402. The van der Waals surface area contributed by atoms with Crippen molar-refractivity contribution in [2.24, 2.45) is 5.92 Å². The van der Waals surface area contributed by atoms with Crippen molar-refractivity contribution in [2.45, 2.75) is 26.3 Å². The predicted molar refractivity (Wildman–Crippen MR) is 136 cm³/mol. The van der Waals surface area contributed by atoms with Crippen molar-refractivity contribution in [1.29, 1.82) is 0 Å². The van der Waals surface area contributed by atoms with Gasteiger partial charge in [0.25, 0.3) is 5.91 Å². The summed E-state index contributed by atoms with van der Waals surface area (Å²) in [6.07, 6.45) is 4.57. The number of halogens is 1. The Bertz CT molecular complexity index is 1400. The van der Waals surface area contributed by atoms with Crippen molar-refractivity contribution in [3.8, 4) is 16.9 Å². The Kier molecular flexibility index (Phi) is 5.40. The number of hydrogen-bond acceptors (Lipinski definition) is 5. The van der Waals surface area contributed by atoms with E-state index >= 15 is 0 Å². The second-order valence-corrected chi connectivity index (χ2v) is 10.6. The van der Waals surface area contributed by atoms with Gasteiger partial charge in [0.15, 0.2) is 5.13 Å². The van der Waals surface area contributed by atoms with Crippen molar-refractivity contribution in [1.82, 2.24) is 19.7 Å². The second kappa shape index (κ2) is 8.61. The van der Waals surface area contributed by atoms with Crippen molar-refractivity contribution in [3.63, 3.8) is 0 Å². The molecule has 0 bridgehead atoms. The molecule has 4 heterocycles. The molecule has 0 N–H and O–H groups in total. The van der Waals surface area contributed by atoms with Crippen molar-refractivity contribution in [2.75, 3.05) is 24.5 Å². The fourth-order valence-corrected chi connectivity index (χ4v) is 6.21. The lowest BCUT2D eigenvalue weighted by molar-refractivity contribution is 0.0592. The number of aromatic nitrogens is 3. The number of piperidine rings is 1. The minimum atomic E-state index is -0.257. The van der Waals surface area contributed by atoms with Gasteiger partial charge in [-0.1, -0.05) is 23.8 Å². The number of likely N-dealkylation sites (tertiary alicyclic amines) is 1. The van der Waals surface area contributed by atoms with E-state index in [2.05, 4.69) is 10.00 Å². The van der Waals surface area contributed by atoms with Crippen LogP contribution in [0, 0.1) is 25.6 Å². The highest BCUT2D eigenvalue weighted by molar-refractivity contribution is 7.16. The van der Waals surface area contributed by atoms with E-state index in [1.54, 1.807) is 28.3 Å². The molecule has 8 heteroatoms. The first-order valence-electron chi connectivity index (χ1n) is 11.9. The van der Waals surface area contributed by atoms with Crippen molar-refractivity contribution < 1.29 is 9.18 Å². The van der Waals surface area contributed by atoms with Gasteiger partial charge in [-0.2, -0.15) is 5.10 Å². The molecule has 1 amide bonds. The van der Waals surface area contributed by atoms with Crippen LogP contribution in [0.3, 0.4) is 0 Å². The Balaban J connectivity index is 1.24. The molecule has 2 fully saturated rings. The van der Waals surface area contributed by atoms with E-state index in [9.17, 15) is 9.18 Å². The van der Waals surface area contributed by atoms with Gasteiger partial charge in [-0.05, 0) is 50.6 Å². The molecule has 2 aliphatic heterocycles. The number of hydrogen-bond donors (Lipinski definition) is 0. The van der Waals surface area contributed by atoms with E-state index in [0.29, 0.717) is 18.0 Å². The number of carbonyl (C=O) groups excluding carboxylic acids is 1. The molecule has 0 saturated carbocycles. The summed E-state index contributed by atoms with van der Waals surface area (Å²) < 4.78 is 15.5. The smallest absolute Gasteiger partial charge is 0.256 e. The maximum absolute atomic E-state index is 13.8. The Morgan fingerprint density at radius 3 is 2.80 bits per heavy atom. The molecule has 35 heavy (non-hydrogen) atoms. The van der Waals surface area contributed by atoms with Gasteiger partial charge in [-0.25, -0.2) is 14.1 Å². The van der Waals surface area contributed by atoms with E-state index < -0.39 is 0 Å². The molecule has 178 valence electrons. The zero-order valence-corrected chi connectivity index (χ0v) is 20.5. The van der Waals surface area contributed by atoms with Crippen LogP contribution >= 0.6 is 11.3 Å². The molecule has 6 rings (SSSR count). The van der Waals surface area contributed by atoms with E-state index in [1.807, 2.05) is 55.3 Å². The topological polar surface area (TPSA) is 54.3 Å². The predicted octanol–water partition coefficient (Wildman–Crippen LogP) is 5.10. The molecular formula is C27H26FN5OS. The summed E-state index contributed by atoms with van der Waals surface area (Å²) in [6.45, 7) is 6.41. The van der Waals surface area contributed by atoms with Crippen LogP contribution in [-0.4, -0.2) is 51.2 Å². The van der Waals surface area contributed by atoms with Gasteiger partial charge >= 0.3 is 0 Å². The molecule has 0 spiro atoms. The number of thiazole rings is 1. The summed E-state index contributed by atoms with van der Waals surface area (Å²) in [7, 11) is 0. The van der Waals surface area contributed by atoms with Crippen molar-refractivity contribution in [3.05, 3.63) is 82.7 Å². The number of rotatable bonds is 4. The summed E-state index contributed by atoms with van der Waals surface area (Å²) in [5.74, 6) is 0.344. The highest BCUT2D eigenvalue weighted by Gasteiger charge is 2.45. The largest absolute Gasteiger partial charge is 0.343 e. The first kappa shape index (κ1) is 22.0. The lowest BCUT2D eigenvalue weighted by Gasteiger charge is -2.53. The summed E-state index contributed by atoms with van der Waals surface area (Å²) >= 11 is 1.64. The highest BCUT2D eigenvalue weighted by atomic mass is 32.1. The first-order chi connectivity index (χ1) is 17.0. The van der Waals surface area contributed by atoms with Crippen LogP contribution in [0.5, 0.6) is 0 Å². The summed E-state index contributed by atoms with van der Waals surface area (Å²) in [5, 5.41) is 5.29. The standard InChI is InChI=1S/C27H26FN5OS/c1-17-7-8-23(33-11-4-10-29-33)22(13-17)26(34)31-12-9-20-15-32(24(20)16-31)27-30-25(18(2)35-27)19-5-3-6-21(28)14-19/h3-8,10-11,13-14,20,24H,9,12,15-16H2,1-2H3/t20-,24-/m0/s1. The van der Waals surface area contributed by atoms with Crippen LogP contribution in [0.15, 0.2) is 60.9 Å². The van der Waals surface area contributed by atoms with Crippen molar-refractivity contribution >= 4 is 22.4 Å². The third kappa shape index (κ3) is 3.91. The molecule has 6 nitrogen and oxygen atoms in total. The average molecular weight is 488 g/mol. The van der Waals surface area contributed by atoms with E-state index in [4.69, 9.17) is 4.98 Å². The number of benzene rings is 2. The Labute approximate surface area is 207 Å². The van der Waals surface area contributed by atoms with Gasteiger partial charge in [0.1, 0.15) is 5.82 Å². The zero-order chi connectivity index (χ0) is 24.1. The molecule has 2 aliphatic rings. The monoisotopic (exact) mass is 487 g/mol. The molecule has 0 unspecified atom stereocenters. The van der Waals surface area contributed by atoms with Gasteiger partial charge < -0.3 is 9.80 Å². The maximum Gasteiger partial charge on any atom is 0.256 e. The van der Waals surface area contributed by atoms with Crippen LogP contribution in [0.1, 0.15) is 27.2 Å². The Morgan fingerprint density at radius 2 is 2.00 bits per heavy atom.